The lowest BCUT2D eigenvalue weighted by atomic mass is 9.99. The van der Waals surface area contributed by atoms with Crippen LogP contribution in [0, 0.1) is 5.92 Å². The van der Waals surface area contributed by atoms with E-state index in [1.807, 2.05) is 11.0 Å². The van der Waals surface area contributed by atoms with Crippen LogP contribution in [0.5, 0.6) is 0 Å². The maximum atomic E-state index is 12.3. The van der Waals surface area contributed by atoms with Gasteiger partial charge in [-0.1, -0.05) is 20.3 Å². The molecule has 1 N–H and O–H groups in total. The molecule has 0 aromatic carbocycles. The van der Waals surface area contributed by atoms with E-state index in [0.717, 1.165) is 57.1 Å². The number of amides is 1. The first-order valence-electron chi connectivity index (χ1n) is 7.57. The molecule has 110 valence electrons. The fourth-order valence-corrected chi connectivity index (χ4v) is 2.31. The Hall–Kier alpha value is -1.65. The summed E-state index contributed by atoms with van der Waals surface area (Å²) in [7, 11) is 0. The van der Waals surface area contributed by atoms with Gasteiger partial charge in [0.05, 0.1) is 0 Å². The Morgan fingerprint density at radius 2 is 2.10 bits per heavy atom. The average molecular weight is 276 g/mol. The lowest BCUT2D eigenvalue weighted by Crippen LogP contribution is -2.38. The molecule has 2 rings (SSSR count). The van der Waals surface area contributed by atoms with E-state index in [4.69, 9.17) is 0 Å². The summed E-state index contributed by atoms with van der Waals surface area (Å²) >= 11 is 0. The molecular formula is C15H24N4O. The molecule has 5 heteroatoms. The third-order valence-corrected chi connectivity index (χ3v) is 3.79. The third-order valence-electron chi connectivity index (χ3n) is 3.79. The van der Waals surface area contributed by atoms with Crippen LogP contribution in [0.15, 0.2) is 12.1 Å². The topological polar surface area (TPSA) is 58.1 Å². The maximum absolute atomic E-state index is 12.3. The van der Waals surface area contributed by atoms with Crippen molar-refractivity contribution in [3.63, 3.8) is 0 Å². The average Bonchev–Trinajstić information content (AvgIpc) is 2.48. The fourth-order valence-electron chi connectivity index (χ4n) is 2.31. The molecule has 2 heterocycles. The van der Waals surface area contributed by atoms with Crippen LogP contribution in [0.3, 0.4) is 0 Å². The summed E-state index contributed by atoms with van der Waals surface area (Å²) in [5.74, 6) is 1.46. The van der Waals surface area contributed by atoms with Gasteiger partial charge in [-0.3, -0.25) is 4.79 Å². The van der Waals surface area contributed by atoms with Gasteiger partial charge < -0.3 is 10.2 Å². The number of aromatic nitrogens is 2. The van der Waals surface area contributed by atoms with Crippen molar-refractivity contribution in [2.45, 2.75) is 39.5 Å². The minimum absolute atomic E-state index is 0.00417. The normalized spacial score (nSPS) is 16.2. The zero-order valence-corrected chi connectivity index (χ0v) is 12.4. The number of carbonyl (C=O) groups excluding carboxylic acids is 1. The number of nitrogens with zero attached hydrogens (tertiary/aromatic N) is 3. The molecule has 20 heavy (non-hydrogen) atoms. The second-order valence-electron chi connectivity index (χ2n) is 5.56. The van der Waals surface area contributed by atoms with Crippen molar-refractivity contribution in [2.24, 2.45) is 5.92 Å². The second kappa shape index (κ2) is 7.22. The molecule has 0 bridgehead atoms. The third kappa shape index (κ3) is 3.92. The summed E-state index contributed by atoms with van der Waals surface area (Å²) in [6.45, 7) is 6.94. The van der Waals surface area contributed by atoms with E-state index in [9.17, 15) is 4.79 Å². The molecule has 1 aromatic heterocycles. The predicted octanol–water partition coefficient (Wildman–Crippen LogP) is 2.56. The van der Waals surface area contributed by atoms with Gasteiger partial charge in [0.1, 0.15) is 5.82 Å². The molecule has 0 spiro atoms. The van der Waals surface area contributed by atoms with E-state index in [-0.39, 0.29) is 5.91 Å². The molecule has 0 aliphatic carbocycles. The highest BCUT2D eigenvalue weighted by atomic mass is 16.2. The number of piperidine rings is 1. The first kappa shape index (κ1) is 14.8. The molecule has 0 unspecified atom stereocenters. The summed E-state index contributed by atoms with van der Waals surface area (Å²) in [5, 5.41) is 11.3. The zero-order chi connectivity index (χ0) is 14.4. The Balaban J connectivity index is 1.90. The Morgan fingerprint density at radius 3 is 2.70 bits per heavy atom. The summed E-state index contributed by atoms with van der Waals surface area (Å²) in [4.78, 5) is 14.2. The van der Waals surface area contributed by atoms with E-state index in [0.29, 0.717) is 5.69 Å². The highest BCUT2D eigenvalue weighted by molar-refractivity contribution is 5.92. The van der Waals surface area contributed by atoms with Gasteiger partial charge in [-0.25, -0.2) is 0 Å². The number of hydrogen-bond donors (Lipinski definition) is 1. The molecule has 1 aliphatic heterocycles. The van der Waals surface area contributed by atoms with E-state index < -0.39 is 0 Å². The monoisotopic (exact) mass is 276 g/mol. The smallest absolute Gasteiger partial charge is 0.274 e. The fraction of sp³-hybridized carbons (Fsp3) is 0.667. The summed E-state index contributed by atoms with van der Waals surface area (Å²) < 4.78 is 0. The van der Waals surface area contributed by atoms with Gasteiger partial charge in [-0.05, 0) is 37.3 Å². The van der Waals surface area contributed by atoms with E-state index in [1.165, 1.54) is 0 Å². The van der Waals surface area contributed by atoms with Crippen molar-refractivity contribution in [3.8, 4) is 0 Å². The number of nitrogens with one attached hydrogen (secondary N) is 1. The van der Waals surface area contributed by atoms with Crippen LogP contribution in [0.2, 0.25) is 0 Å². The van der Waals surface area contributed by atoms with Gasteiger partial charge in [0.25, 0.3) is 5.91 Å². The standard InChI is InChI=1S/C15H24N4O/c1-3-4-9-16-14-6-5-13(17-18-14)15(20)19-10-7-12(2)8-11-19/h5-6,12H,3-4,7-11H2,1-2H3,(H,16,18). The van der Waals surface area contributed by atoms with Gasteiger partial charge in [0, 0.05) is 19.6 Å². The first-order valence-corrected chi connectivity index (χ1v) is 7.57. The minimum atomic E-state index is 0.00417. The van der Waals surface area contributed by atoms with Crippen molar-refractivity contribution in [3.05, 3.63) is 17.8 Å². The molecule has 0 saturated carbocycles. The molecule has 0 radical (unpaired) electrons. The SMILES string of the molecule is CCCCNc1ccc(C(=O)N2CCC(C)CC2)nn1. The lowest BCUT2D eigenvalue weighted by Gasteiger charge is -2.29. The lowest BCUT2D eigenvalue weighted by molar-refractivity contribution is 0.0690. The predicted molar refractivity (Wildman–Crippen MR) is 79.7 cm³/mol. The molecule has 5 nitrogen and oxygen atoms in total. The van der Waals surface area contributed by atoms with Crippen molar-refractivity contribution >= 4 is 11.7 Å². The molecule has 1 fully saturated rings. The van der Waals surface area contributed by atoms with Crippen molar-refractivity contribution in [1.82, 2.24) is 15.1 Å². The minimum Gasteiger partial charge on any atom is -0.369 e. The van der Waals surface area contributed by atoms with Gasteiger partial charge in [0.2, 0.25) is 0 Å². The molecule has 1 saturated heterocycles. The highest BCUT2D eigenvalue weighted by Gasteiger charge is 2.22. The summed E-state index contributed by atoms with van der Waals surface area (Å²) in [6.07, 6.45) is 4.41. The number of anilines is 1. The quantitative estimate of drug-likeness (QED) is 0.840. The number of hydrogen-bond acceptors (Lipinski definition) is 4. The zero-order valence-electron chi connectivity index (χ0n) is 12.4. The molecule has 1 amide bonds. The van der Waals surface area contributed by atoms with Crippen LogP contribution in [0.4, 0.5) is 5.82 Å². The summed E-state index contributed by atoms with van der Waals surface area (Å²) in [5.41, 5.74) is 0.445. The number of rotatable bonds is 5. The summed E-state index contributed by atoms with van der Waals surface area (Å²) in [6, 6.07) is 3.60. The van der Waals surface area contributed by atoms with E-state index in [2.05, 4.69) is 29.4 Å². The molecule has 0 atom stereocenters. The Kier molecular flexibility index (Phi) is 5.32. The Labute approximate surface area is 120 Å². The van der Waals surface area contributed by atoms with E-state index in [1.54, 1.807) is 6.07 Å². The van der Waals surface area contributed by atoms with E-state index >= 15 is 0 Å². The number of likely N-dealkylation sites (tertiary alicyclic amines) is 1. The van der Waals surface area contributed by atoms with Crippen molar-refractivity contribution in [2.75, 3.05) is 25.0 Å². The Bertz CT molecular complexity index is 424. The van der Waals surface area contributed by atoms with Crippen molar-refractivity contribution < 1.29 is 4.79 Å². The van der Waals surface area contributed by atoms with Crippen LogP contribution >= 0.6 is 0 Å². The largest absolute Gasteiger partial charge is 0.369 e. The first-order chi connectivity index (χ1) is 9.70. The van der Waals surface area contributed by atoms with Gasteiger partial charge in [-0.2, -0.15) is 0 Å². The van der Waals surface area contributed by atoms with Crippen LogP contribution in [0.1, 0.15) is 50.0 Å². The molecular weight excluding hydrogens is 252 g/mol. The van der Waals surface area contributed by atoms with Crippen LogP contribution in [-0.4, -0.2) is 40.6 Å². The van der Waals surface area contributed by atoms with Crippen molar-refractivity contribution in [1.29, 1.82) is 0 Å². The van der Waals surface area contributed by atoms with Crippen LogP contribution in [0.25, 0.3) is 0 Å². The molecule has 1 aromatic rings. The Morgan fingerprint density at radius 1 is 1.35 bits per heavy atom. The maximum Gasteiger partial charge on any atom is 0.274 e. The van der Waals surface area contributed by atoms with Crippen LogP contribution < -0.4 is 5.32 Å². The number of carbonyl (C=O) groups is 1. The second-order valence-corrected chi connectivity index (χ2v) is 5.56. The molecule has 1 aliphatic rings. The van der Waals surface area contributed by atoms with Gasteiger partial charge >= 0.3 is 0 Å². The highest BCUT2D eigenvalue weighted by Crippen LogP contribution is 2.17. The van der Waals surface area contributed by atoms with Gasteiger partial charge in [-0.15, -0.1) is 10.2 Å². The van der Waals surface area contributed by atoms with Gasteiger partial charge in [0.15, 0.2) is 5.69 Å². The number of unbranched alkanes of at least 4 members (excludes halogenated alkanes) is 1. The van der Waals surface area contributed by atoms with Crippen LogP contribution in [-0.2, 0) is 0 Å².